The van der Waals surface area contributed by atoms with E-state index in [1.807, 2.05) is 17.8 Å². The molecule has 1 aromatic rings. The Morgan fingerprint density at radius 2 is 2.24 bits per heavy atom. The van der Waals surface area contributed by atoms with E-state index in [1.54, 1.807) is 6.20 Å². The molecule has 0 aromatic carbocycles. The van der Waals surface area contributed by atoms with E-state index < -0.39 is 0 Å². The molecule has 4 nitrogen and oxygen atoms in total. The van der Waals surface area contributed by atoms with Gasteiger partial charge in [-0.05, 0) is 24.8 Å². The third-order valence-electron chi connectivity index (χ3n) is 3.05. The second kappa shape index (κ2) is 6.55. The van der Waals surface area contributed by atoms with Crippen LogP contribution in [0.3, 0.4) is 0 Å². The minimum absolute atomic E-state index is 0.0169. The molecule has 0 aliphatic rings. The van der Waals surface area contributed by atoms with Gasteiger partial charge in [-0.1, -0.05) is 13.8 Å². The van der Waals surface area contributed by atoms with Crippen LogP contribution in [0.1, 0.15) is 32.4 Å². The number of aromatic nitrogens is 2. The first kappa shape index (κ1) is 13.9. The number of hydrogen-bond acceptors (Lipinski definition) is 3. The Labute approximate surface area is 103 Å². The molecule has 0 radical (unpaired) electrons. The lowest BCUT2D eigenvalue weighted by Gasteiger charge is -2.15. The molecule has 0 aliphatic heterocycles. The number of carbonyl (C=O) groups is 1. The number of carbonyl (C=O) groups excluding carboxylic acids is 1. The lowest BCUT2D eigenvalue weighted by atomic mass is 9.91. The van der Waals surface area contributed by atoms with Crippen molar-refractivity contribution in [3.8, 4) is 0 Å². The Morgan fingerprint density at radius 1 is 1.53 bits per heavy atom. The standard InChI is InChI=1S/C13H23N3O/c1-10(2)8-11(9-14)13(17)5-4-12-6-7-15-16(12)3/h6-7,10-11H,4-5,8-9,14H2,1-3H3. The third-order valence-corrected chi connectivity index (χ3v) is 3.05. The van der Waals surface area contributed by atoms with E-state index in [0.29, 0.717) is 18.9 Å². The van der Waals surface area contributed by atoms with Gasteiger partial charge in [-0.3, -0.25) is 9.48 Å². The smallest absolute Gasteiger partial charge is 0.137 e. The summed E-state index contributed by atoms with van der Waals surface area (Å²) >= 11 is 0. The van der Waals surface area contributed by atoms with Crippen molar-refractivity contribution in [2.75, 3.05) is 6.54 Å². The largest absolute Gasteiger partial charge is 0.330 e. The van der Waals surface area contributed by atoms with E-state index in [9.17, 15) is 4.79 Å². The molecule has 0 aliphatic carbocycles. The van der Waals surface area contributed by atoms with Gasteiger partial charge in [0.15, 0.2) is 0 Å². The fourth-order valence-corrected chi connectivity index (χ4v) is 2.03. The Kier molecular flexibility index (Phi) is 5.35. The zero-order valence-electron chi connectivity index (χ0n) is 11.0. The highest BCUT2D eigenvalue weighted by molar-refractivity contribution is 5.81. The van der Waals surface area contributed by atoms with E-state index in [1.165, 1.54) is 0 Å². The number of hydrogen-bond donors (Lipinski definition) is 1. The summed E-state index contributed by atoms with van der Waals surface area (Å²) in [6, 6.07) is 1.95. The van der Waals surface area contributed by atoms with Gasteiger partial charge in [0.25, 0.3) is 0 Å². The Hall–Kier alpha value is -1.16. The lowest BCUT2D eigenvalue weighted by molar-refractivity contribution is -0.123. The van der Waals surface area contributed by atoms with E-state index >= 15 is 0 Å². The molecule has 17 heavy (non-hydrogen) atoms. The van der Waals surface area contributed by atoms with Gasteiger partial charge in [0.05, 0.1) is 0 Å². The molecule has 0 saturated carbocycles. The molecule has 1 heterocycles. The van der Waals surface area contributed by atoms with E-state index in [-0.39, 0.29) is 11.7 Å². The molecule has 4 heteroatoms. The Morgan fingerprint density at radius 3 is 2.71 bits per heavy atom. The van der Waals surface area contributed by atoms with Crippen LogP contribution in [0.4, 0.5) is 0 Å². The maximum absolute atomic E-state index is 12.0. The molecule has 1 rings (SSSR count). The second-order valence-corrected chi connectivity index (χ2v) is 4.97. The summed E-state index contributed by atoms with van der Waals surface area (Å²) in [5, 5.41) is 4.09. The quantitative estimate of drug-likeness (QED) is 0.782. The monoisotopic (exact) mass is 237 g/mol. The summed E-state index contributed by atoms with van der Waals surface area (Å²) in [5.41, 5.74) is 6.76. The van der Waals surface area contributed by atoms with Gasteiger partial charge in [-0.15, -0.1) is 0 Å². The van der Waals surface area contributed by atoms with Crippen LogP contribution in [0, 0.1) is 11.8 Å². The first-order valence-electron chi connectivity index (χ1n) is 6.24. The molecule has 1 atom stereocenters. The van der Waals surface area contributed by atoms with Gasteiger partial charge in [-0.2, -0.15) is 5.10 Å². The maximum Gasteiger partial charge on any atom is 0.137 e. The summed E-state index contributed by atoms with van der Waals surface area (Å²) in [6.07, 6.45) is 3.97. The zero-order chi connectivity index (χ0) is 12.8. The van der Waals surface area contributed by atoms with Gasteiger partial charge in [-0.25, -0.2) is 0 Å². The molecule has 0 spiro atoms. The highest BCUT2D eigenvalue weighted by Gasteiger charge is 2.18. The first-order valence-corrected chi connectivity index (χ1v) is 6.24. The summed E-state index contributed by atoms with van der Waals surface area (Å²) in [5.74, 6) is 0.815. The van der Waals surface area contributed by atoms with Crippen LogP contribution in [0.15, 0.2) is 12.3 Å². The molecule has 2 N–H and O–H groups in total. The third kappa shape index (κ3) is 4.30. The average Bonchev–Trinajstić information content (AvgIpc) is 2.68. The Bertz CT molecular complexity index is 357. The number of ketones is 1. The summed E-state index contributed by atoms with van der Waals surface area (Å²) < 4.78 is 1.81. The molecule has 1 aromatic heterocycles. The Balaban J connectivity index is 2.45. The van der Waals surface area contributed by atoms with Crippen molar-refractivity contribution in [2.24, 2.45) is 24.6 Å². The second-order valence-electron chi connectivity index (χ2n) is 4.97. The molecule has 1 unspecified atom stereocenters. The van der Waals surface area contributed by atoms with Crippen LogP contribution >= 0.6 is 0 Å². The van der Waals surface area contributed by atoms with E-state index in [2.05, 4.69) is 18.9 Å². The molecule has 0 fully saturated rings. The van der Waals surface area contributed by atoms with Crippen molar-refractivity contribution in [2.45, 2.75) is 33.1 Å². The normalized spacial score (nSPS) is 13.0. The maximum atomic E-state index is 12.0. The predicted octanol–water partition coefficient (Wildman–Crippen LogP) is 1.54. The van der Waals surface area contributed by atoms with Crippen LogP contribution < -0.4 is 5.73 Å². The number of nitrogens with two attached hydrogens (primary N) is 1. The summed E-state index contributed by atoms with van der Waals surface area (Å²) in [4.78, 5) is 12.0. The van der Waals surface area contributed by atoms with E-state index in [0.717, 1.165) is 18.5 Å². The molecule has 0 amide bonds. The molecule has 0 bridgehead atoms. The van der Waals surface area contributed by atoms with Crippen LogP contribution in [0.25, 0.3) is 0 Å². The van der Waals surface area contributed by atoms with Gasteiger partial charge in [0.1, 0.15) is 5.78 Å². The zero-order valence-corrected chi connectivity index (χ0v) is 11.0. The fourth-order valence-electron chi connectivity index (χ4n) is 2.03. The first-order chi connectivity index (χ1) is 8.04. The lowest BCUT2D eigenvalue weighted by Crippen LogP contribution is -2.25. The van der Waals surface area contributed by atoms with Crippen molar-refractivity contribution in [3.63, 3.8) is 0 Å². The highest BCUT2D eigenvalue weighted by Crippen LogP contribution is 2.14. The topological polar surface area (TPSA) is 60.9 Å². The highest BCUT2D eigenvalue weighted by atomic mass is 16.1. The fraction of sp³-hybridized carbons (Fsp3) is 0.692. The number of aryl methyl sites for hydroxylation is 2. The van der Waals surface area contributed by atoms with E-state index in [4.69, 9.17) is 5.73 Å². The number of nitrogens with zero attached hydrogens (tertiary/aromatic N) is 2. The number of rotatable bonds is 7. The van der Waals surface area contributed by atoms with Crippen molar-refractivity contribution >= 4 is 5.78 Å². The van der Waals surface area contributed by atoms with Gasteiger partial charge < -0.3 is 5.73 Å². The van der Waals surface area contributed by atoms with Gasteiger partial charge in [0, 0.05) is 37.8 Å². The SMILES string of the molecule is CC(C)CC(CN)C(=O)CCc1ccnn1C. The average molecular weight is 237 g/mol. The number of Topliss-reactive ketones (excluding diaryl/α,β-unsaturated/α-hetero) is 1. The minimum Gasteiger partial charge on any atom is -0.330 e. The molecule has 96 valence electrons. The van der Waals surface area contributed by atoms with Gasteiger partial charge >= 0.3 is 0 Å². The summed E-state index contributed by atoms with van der Waals surface area (Å²) in [7, 11) is 1.90. The van der Waals surface area contributed by atoms with Crippen LogP contribution in [-0.4, -0.2) is 22.1 Å². The molecular formula is C13H23N3O. The van der Waals surface area contributed by atoms with Crippen molar-refractivity contribution in [1.29, 1.82) is 0 Å². The molecule has 0 saturated heterocycles. The van der Waals surface area contributed by atoms with Crippen LogP contribution in [-0.2, 0) is 18.3 Å². The van der Waals surface area contributed by atoms with Crippen LogP contribution in [0.2, 0.25) is 0 Å². The van der Waals surface area contributed by atoms with Crippen LogP contribution in [0.5, 0.6) is 0 Å². The van der Waals surface area contributed by atoms with Crippen molar-refractivity contribution in [3.05, 3.63) is 18.0 Å². The predicted molar refractivity (Wildman–Crippen MR) is 68.5 cm³/mol. The van der Waals surface area contributed by atoms with Gasteiger partial charge in [0.2, 0.25) is 0 Å². The van der Waals surface area contributed by atoms with Crippen molar-refractivity contribution in [1.82, 2.24) is 9.78 Å². The van der Waals surface area contributed by atoms with Crippen molar-refractivity contribution < 1.29 is 4.79 Å². The summed E-state index contributed by atoms with van der Waals surface area (Å²) in [6.45, 7) is 4.70. The molecular weight excluding hydrogens is 214 g/mol. The minimum atomic E-state index is 0.0169.